The lowest BCUT2D eigenvalue weighted by Gasteiger charge is -2.20. The molecule has 0 unspecified atom stereocenters. The SMILES string of the molecule is CCc1ccc2nc(N(Cc3cccnc3)C(=O)CCCS(=O)(=O)c3ccc(Cl)cc3)sc2c1. The van der Waals surface area contributed by atoms with Crippen LogP contribution in [0.1, 0.15) is 30.9 Å². The van der Waals surface area contributed by atoms with E-state index in [1.54, 1.807) is 29.4 Å². The predicted molar refractivity (Wildman–Crippen MR) is 137 cm³/mol. The summed E-state index contributed by atoms with van der Waals surface area (Å²) < 4.78 is 26.3. The van der Waals surface area contributed by atoms with E-state index in [0.29, 0.717) is 16.7 Å². The minimum atomic E-state index is -3.50. The Labute approximate surface area is 208 Å². The Morgan fingerprint density at radius 1 is 1.09 bits per heavy atom. The number of aryl methyl sites for hydroxylation is 1. The highest BCUT2D eigenvalue weighted by atomic mass is 35.5. The number of fused-ring (bicyclic) bond motifs is 1. The number of nitrogens with zero attached hydrogens (tertiary/aromatic N) is 3. The van der Waals surface area contributed by atoms with Crippen LogP contribution in [0.4, 0.5) is 5.13 Å². The van der Waals surface area contributed by atoms with E-state index in [1.807, 2.05) is 24.3 Å². The Kier molecular flexibility index (Phi) is 7.60. The van der Waals surface area contributed by atoms with Gasteiger partial charge in [0.1, 0.15) is 0 Å². The smallest absolute Gasteiger partial charge is 0.229 e. The number of rotatable bonds is 9. The maximum Gasteiger partial charge on any atom is 0.229 e. The molecule has 0 aliphatic heterocycles. The van der Waals surface area contributed by atoms with Crippen LogP contribution in [-0.2, 0) is 27.6 Å². The lowest BCUT2D eigenvalue weighted by Crippen LogP contribution is -2.30. The van der Waals surface area contributed by atoms with E-state index in [0.717, 1.165) is 22.2 Å². The second-order valence-corrected chi connectivity index (χ2v) is 11.4. The second-order valence-electron chi connectivity index (χ2n) is 7.87. The standard InChI is InChI=1S/C25H24ClN3O3S2/c1-2-18-7-12-22-23(15-18)33-25(28-22)29(17-19-5-3-13-27-16-19)24(30)6-4-14-34(31,32)21-10-8-20(26)9-11-21/h3,5,7-13,15-16H,2,4,6,14,17H2,1H3. The molecule has 4 aromatic rings. The zero-order valence-electron chi connectivity index (χ0n) is 18.6. The van der Waals surface area contributed by atoms with Crippen LogP contribution in [0.25, 0.3) is 10.2 Å². The molecule has 2 heterocycles. The second kappa shape index (κ2) is 10.6. The Hall–Kier alpha value is -2.81. The highest BCUT2D eigenvalue weighted by Gasteiger charge is 2.22. The Balaban J connectivity index is 1.53. The molecule has 0 spiro atoms. The van der Waals surface area contributed by atoms with Crippen molar-refractivity contribution >= 4 is 54.0 Å². The van der Waals surface area contributed by atoms with Gasteiger partial charge in [0.25, 0.3) is 0 Å². The van der Waals surface area contributed by atoms with Gasteiger partial charge in [-0.3, -0.25) is 14.7 Å². The van der Waals surface area contributed by atoms with Crippen molar-refractivity contribution in [1.82, 2.24) is 9.97 Å². The number of hydrogen-bond donors (Lipinski definition) is 0. The van der Waals surface area contributed by atoms with E-state index in [-0.39, 0.29) is 29.4 Å². The fraction of sp³-hybridized carbons (Fsp3) is 0.240. The predicted octanol–water partition coefficient (Wildman–Crippen LogP) is 5.69. The van der Waals surface area contributed by atoms with Gasteiger partial charge in [0.15, 0.2) is 15.0 Å². The van der Waals surface area contributed by atoms with Gasteiger partial charge in [-0.2, -0.15) is 0 Å². The summed E-state index contributed by atoms with van der Waals surface area (Å²) >= 11 is 7.32. The molecular formula is C25H24ClN3O3S2. The molecule has 0 aliphatic rings. The van der Waals surface area contributed by atoms with Crippen molar-refractivity contribution in [2.75, 3.05) is 10.7 Å². The molecule has 0 atom stereocenters. The van der Waals surface area contributed by atoms with Crippen LogP contribution >= 0.6 is 22.9 Å². The number of anilines is 1. The molecule has 0 bridgehead atoms. The number of thiazole rings is 1. The fourth-order valence-corrected chi connectivity index (χ4v) is 6.02. The van der Waals surface area contributed by atoms with Gasteiger partial charge in [0.05, 0.1) is 27.4 Å². The lowest BCUT2D eigenvalue weighted by atomic mass is 10.2. The minimum absolute atomic E-state index is 0.0865. The number of benzene rings is 2. The monoisotopic (exact) mass is 513 g/mol. The number of hydrogen-bond acceptors (Lipinski definition) is 6. The zero-order chi connectivity index (χ0) is 24.1. The first-order valence-corrected chi connectivity index (χ1v) is 13.8. The number of pyridine rings is 1. The van der Waals surface area contributed by atoms with Gasteiger partial charge in [-0.25, -0.2) is 13.4 Å². The summed E-state index contributed by atoms with van der Waals surface area (Å²) in [5, 5.41) is 1.07. The Morgan fingerprint density at radius 3 is 2.59 bits per heavy atom. The average molecular weight is 514 g/mol. The van der Waals surface area contributed by atoms with Gasteiger partial charge < -0.3 is 0 Å². The number of amides is 1. The van der Waals surface area contributed by atoms with Gasteiger partial charge >= 0.3 is 0 Å². The van der Waals surface area contributed by atoms with Crippen molar-refractivity contribution < 1.29 is 13.2 Å². The summed E-state index contributed by atoms with van der Waals surface area (Å²) in [7, 11) is -3.50. The summed E-state index contributed by atoms with van der Waals surface area (Å²) in [6.07, 6.45) is 4.61. The number of carbonyl (C=O) groups excluding carboxylic acids is 1. The van der Waals surface area contributed by atoms with Crippen LogP contribution in [0, 0.1) is 0 Å². The number of halogens is 1. The molecular weight excluding hydrogens is 490 g/mol. The molecule has 2 aromatic heterocycles. The maximum atomic E-state index is 13.3. The zero-order valence-corrected chi connectivity index (χ0v) is 21.0. The Morgan fingerprint density at radius 2 is 1.88 bits per heavy atom. The molecule has 6 nitrogen and oxygen atoms in total. The minimum Gasteiger partial charge on any atom is -0.284 e. The van der Waals surface area contributed by atoms with Crippen LogP contribution in [0.2, 0.25) is 5.02 Å². The molecule has 0 saturated carbocycles. The largest absolute Gasteiger partial charge is 0.284 e. The van der Waals surface area contributed by atoms with Crippen LogP contribution in [0.15, 0.2) is 71.9 Å². The first-order valence-electron chi connectivity index (χ1n) is 10.9. The molecule has 2 aromatic carbocycles. The van der Waals surface area contributed by atoms with E-state index in [9.17, 15) is 13.2 Å². The van der Waals surface area contributed by atoms with Crippen LogP contribution in [0.5, 0.6) is 0 Å². The summed E-state index contributed by atoms with van der Waals surface area (Å²) in [5.74, 6) is -0.300. The van der Waals surface area contributed by atoms with Gasteiger partial charge in [0, 0.05) is 23.8 Å². The molecule has 0 saturated heterocycles. The molecule has 9 heteroatoms. The van der Waals surface area contributed by atoms with E-state index >= 15 is 0 Å². The van der Waals surface area contributed by atoms with Gasteiger partial charge in [0.2, 0.25) is 5.91 Å². The molecule has 0 N–H and O–H groups in total. The molecule has 0 fully saturated rings. The topological polar surface area (TPSA) is 80.2 Å². The first-order chi connectivity index (χ1) is 16.4. The van der Waals surface area contributed by atoms with Crippen LogP contribution < -0.4 is 4.90 Å². The van der Waals surface area contributed by atoms with Crippen LogP contribution in [-0.4, -0.2) is 30.0 Å². The first kappa shape index (κ1) is 24.3. The maximum absolute atomic E-state index is 13.3. The van der Waals surface area contributed by atoms with E-state index in [4.69, 9.17) is 16.6 Å². The summed E-state index contributed by atoms with van der Waals surface area (Å²) in [5.41, 5.74) is 2.92. The van der Waals surface area contributed by atoms with Crippen LogP contribution in [0.3, 0.4) is 0 Å². The highest BCUT2D eigenvalue weighted by Crippen LogP contribution is 2.31. The normalized spacial score (nSPS) is 11.6. The van der Waals surface area contributed by atoms with E-state index in [1.165, 1.54) is 29.0 Å². The molecule has 0 aliphatic carbocycles. The van der Waals surface area contributed by atoms with Crippen molar-refractivity contribution in [2.45, 2.75) is 37.6 Å². The van der Waals surface area contributed by atoms with Crippen molar-refractivity contribution in [3.63, 3.8) is 0 Å². The fourth-order valence-electron chi connectivity index (χ4n) is 3.54. The third kappa shape index (κ3) is 5.81. The summed E-state index contributed by atoms with van der Waals surface area (Å²) in [6, 6.07) is 15.9. The molecule has 176 valence electrons. The lowest BCUT2D eigenvalue weighted by molar-refractivity contribution is -0.118. The van der Waals surface area contributed by atoms with Gasteiger partial charge in [-0.15, -0.1) is 0 Å². The molecule has 4 rings (SSSR count). The number of carbonyl (C=O) groups is 1. The van der Waals surface area contributed by atoms with Gasteiger partial charge in [-0.1, -0.05) is 42.0 Å². The van der Waals surface area contributed by atoms with E-state index in [2.05, 4.69) is 18.0 Å². The van der Waals surface area contributed by atoms with E-state index < -0.39 is 9.84 Å². The average Bonchev–Trinajstić information content (AvgIpc) is 3.26. The van der Waals surface area contributed by atoms with Crippen molar-refractivity contribution in [3.8, 4) is 0 Å². The molecule has 1 amide bonds. The Bertz CT molecular complexity index is 1390. The van der Waals surface area contributed by atoms with Crippen molar-refractivity contribution in [3.05, 3.63) is 83.1 Å². The highest BCUT2D eigenvalue weighted by molar-refractivity contribution is 7.91. The van der Waals surface area contributed by atoms with Crippen molar-refractivity contribution in [2.24, 2.45) is 0 Å². The quantitative estimate of drug-likeness (QED) is 0.287. The summed E-state index contributed by atoms with van der Waals surface area (Å²) in [4.78, 5) is 23.9. The number of aromatic nitrogens is 2. The van der Waals surface area contributed by atoms with Gasteiger partial charge in [-0.05, 0) is 66.4 Å². The third-order valence-corrected chi connectivity index (χ3v) is 8.53. The number of sulfone groups is 1. The molecule has 34 heavy (non-hydrogen) atoms. The third-order valence-electron chi connectivity index (χ3n) is 5.42. The van der Waals surface area contributed by atoms with Crippen molar-refractivity contribution in [1.29, 1.82) is 0 Å². The summed E-state index contributed by atoms with van der Waals surface area (Å²) in [6.45, 7) is 2.41. The molecule has 0 radical (unpaired) electrons.